The number of pyridine rings is 1. The normalized spacial score (nSPS) is 20.6. The molecular formula is C33H51NO2Si. The van der Waals surface area contributed by atoms with Crippen LogP contribution in [-0.2, 0) is 16.3 Å². The van der Waals surface area contributed by atoms with Gasteiger partial charge in [0.15, 0.2) is 8.32 Å². The Labute approximate surface area is 227 Å². The van der Waals surface area contributed by atoms with Crippen LogP contribution in [0.1, 0.15) is 138 Å². The van der Waals surface area contributed by atoms with Crippen LogP contribution in [0.3, 0.4) is 0 Å². The molecule has 1 aromatic heterocycles. The van der Waals surface area contributed by atoms with Crippen LogP contribution in [0.2, 0.25) is 18.1 Å². The predicted octanol–water partition coefficient (Wildman–Crippen LogP) is 9.07. The zero-order chi connectivity index (χ0) is 27.6. The largest absolute Gasteiger partial charge is 0.410 e. The van der Waals surface area contributed by atoms with Gasteiger partial charge in [0.05, 0.1) is 6.10 Å². The van der Waals surface area contributed by atoms with E-state index in [-0.39, 0.29) is 22.5 Å². The third-order valence-corrected chi connectivity index (χ3v) is 14.2. The van der Waals surface area contributed by atoms with Crippen molar-refractivity contribution in [2.75, 3.05) is 0 Å². The van der Waals surface area contributed by atoms with Crippen LogP contribution in [-0.4, -0.2) is 18.4 Å². The highest BCUT2D eigenvalue weighted by molar-refractivity contribution is 6.74. The lowest BCUT2D eigenvalue weighted by atomic mass is 9.59. The number of benzene rings is 1. The molecule has 4 heteroatoms. The lowest BCUT2D eigenvalue weighted by Gasteiger charge is -2.51. The number of hydrogen-bond acceptors (Lipinski definition) is 3. The fourth-order valence-electron chi connectivity index (χ4n) is 6.11. The second kappa shape index (κ2) is 9.61. The van der Waals surface area contributed by atoms with E-state index >= 15 is 0 Å². The molecule has 1 spiro atoms. The molecule has 1 fully saturated rings. The Morgan fingerprint density at radius 1 is 1.03 bits per heavy atom. The lowest BCUT2D eigenvalue weighted by Crippen LogP contribution is -2.46. The van der Waals surface area contributed by atoms with E-state index in [2.05, 4.69) is 99.7 Å². The number of aliphatic hydroxyl groups is 1. The number of aliphatic hydroxyl groups excluding tert-OH is 1. The van der Waals surface area contributed by atoms with Gasteiger partial charge >= 0.3 is 0 Å². The maximum absolute atomic E-state index is 11.8. The van der Waals surface area contributed by atoms with Gasteiger partial charge in [-0.15, -0.1) is 0 Å². The van der Waals surface area contributed by atoms with E-state index in [0.717, 1.165) is 29.7 Å². The van der Waals surface area contributed by atoms with Crippen molar-refractivity contribution in [3.05, 3.63) is 63.5 Å². The summed E-state index contributed by atoms with van der Waals surface area (Å²) in [5, 5.41) is 12.0. The van der Waals surface area contributed by atoms with Gasteiger partial charge in [-0.2, -0.15) is 0 Å². The van der Waals surface area contributed by atoms with Crippen LogP contribution in [0.25, 0.3) is 0 Å². The predicted molar refractivity (Wildman–Crippen MR) is 158 cm³/mol. The molecule has 1 heterocycles. The van der Waals surface area contributed by atoms with Crippen LogP contribution in [0, 0.1) is 12.3 Å². The van der Waals surface area contributed by atoms with Gasteiger partial charge in [0.2, 0.25) is 0 Å². The summed E-state index contributed by atoms with van der Waals surface area (Å²) in [6, 6.07) is 8.53. The van der Waals surface area contributed by atoms with Gasteiger partial charge in [0.25, 0.3) is 0 Å². The van der Waals surface area contributed by atoms with Crippen molar-refractivity contribution >= 4 is 8.32 Å². The third kappa shape index (κ3) is 5.36. The van der Waals surface area contributed by atoms with Gasteiger partial charge in [-0.3, -0.25) is 4.98 Å². The molecule has 0 saturated heterocycles. The highest BCUT2D eigenvalue weighted by Gasteiger charge is 2.48. The molecule has 2 aromatic rings. The van der Waals surface area contributed by atoms with E-state index in [4.69, 9.17) is 9.41 Å². The lowest BCUT2D eigenvalue weighted by molar-refractivity contribution is 0.0294. The Morgan fingerprint density at radius 2 is 1.62 bits per heavy atom. The Hall–Kier alpha value is -1.49. The van der Waals surface area contributed by atoms with Gasteiger partial charge in [0, 0.05) is 22.5 Å². The van der Waals surface area contributed by atoms with Gasteiger partial charge < -0.3 is 9.53 Å². The molecule has 2 unspecified atom stereocenters. The van der Waals surface area contributed by atoms with Crippen molar-refractivity contribution in [1.29, 1.82) is 0 Å². The molecule has 2 aliphatic rings. The molecular weight excluding hydrogens is 470 g/mol. The maximum atomic E-state index is 11.8. The summed E-state index contributed by atoms with van der Waals surface area (Å²) in [6.07, 6.45) is 5.39. The average Bonchev–Trinajstić information content (AvgIpc) is 2.75. The van der Waals surface area contributed by atoms with Crippen molar-refractivity contribution in [2.45, 2.75) is 136 Å². The molecule has 1 saturated carbocycles. The maximum Gasteiger partial charge on any atom is 0.192 e. The standard InChI is InChI=1S/C33H51NO2Si/c1-21(2)29-28(30(35)23-13-15-24(16-14-23)31(4,5)6)22(3)27-25(34-29)19-33(17-12-18-33)20-26(27)36-37(10,11)32(7,8)9/h13-16,21,26,30,35H,12,17-20H2,1-11H3. The minimum absolute atomic E-state index is 0.0628. The molecule has 0 amide bonds. The summed E-state index contributed by atoms with van der Waals surface area (Å²) >= 11 is 0. The third-order valence-electron chi connectivity index (χ3n) is 9.70. The molecule has 1 aromatic carbocycles. The SMILES string of the molecule is Cc1c2c(nc(C(C)C)c1C(O)c1ccc(C(C)(C)C)cc1)CC1(CCC1)CC2O[Si](C)(C)C(C)(C)C. The first-order chi connectivity index (χ1) is 17.0. The second-order valence-electron chi connectivity index (χ2n) is 14.9. The van der Waals surface area contributed by atoms with Crippen molar-refractivity contribution in [3.8, 4) is 0 Å². The van der Waals surface area contributed by atoms with Gasteiger partial charge in [0.1, 0.15) is 6.10 Å². The fourth-order valence-corrected chi connectivity index (χ4v) is 7.38. The van der Waals surface area contributed by atoms with Crippen molar-refractivity contribution < 1.29 is 9.53 Å². The Morgan fingerprint density at radius 3 is 2.08 bits per heavy atom. The molecule has 4 rings (SSSR count). The topological polar surface area (TPSA) is 42.4 Å². The molecule has 204 valence electrons. The number of fused-ring (bicyclic) bond motifs is 1. The first-order valence-corrected chi connectivity index (χ1v) is 17.4. The molecule has 3 nitrogen and oxygen atoms in total. The highest BCUT2D eigenvalue weighted by Crippen LogP contribution is 2.56. The minimum atomic E-state index is -1.99. The Bertz CT molecular complexity index is 1130. The van der Waals surface area contributed by atoms with Gasteiger partial charge in [-0.1, -0.05) is 86.1 Å². The van der Waals surface area contributed by atoms with E-state index < -0.39 is 14.4 Å². The number of rotatable bonds is 5. The van der Waals surface area contributed by atoms with Crippen LogP contribution >= 0.6 is 0 Å². The fraction of sp³-hybridized carbons (Fsp3) is 0.667. The summed E-state index contributed by atoms with van der Waals surface area (Å²) in [5.41, 5.74) is 8.38. The summed E-state index contributed by atoms with van der Waals surface area (Å²) < 4.78 is 7.19. The smallest absolute Gasteiger partial charge is 0.192 e. The molecule has 1 N–H and O–H groups in total. The summed E-state index contributed by atoms with van der Waals surface area (Å²) in [4.78, 5) is 5.37. The second-order valence-corrected chi connectivity index (χ2v) is 19.7. The zero-order valence-corrected chi connectivity index (χ0v) is 26.4. The van der Waals surface area contributed by atoms with E-state index in [0.29, 0.717) is 5.41 Å². The first-order valence-electron chi connectivity index (χ1n) is 14.5. The Balaban J connectivity index is 1.84. The zero-order valence-electron chi connectivity index (χ0n) is 25.4. The van der Waals surface area contributed by atoms with Crippen LogP contribution in [0.15, 0.2) is 24.3 Å². The quantitative estimate of drug-likeness (QED) is 0.399. The van der Waals surface area contributed by atoms with Gasteiger partial charge in [-0.25, -0.2) is 0 Å². The molecule has 0 bridgehead atoms. The molecule has 0 radical (unpaired) electrons. The summed E-state index contributed by atoms with van der Waals surface area (Å²) in [6.45, 7) is 25.0. The monoisotopic (exact) mass is 521 g/mol. The first kappa shape index (κ1) is 28.5. The van der Waals surface area contributed by atoms with E-state index in [1.165, 1.54) is 41.6 Å². The van der Waals surface area contributed by atoms with Gasteiger partial charge in [-0.05, 0) is 84.2 Å². The summed E-state index contributed by atoms with van der Waals surface area (Å²) in [5.74, 6) is 0.238. The van der Waals surface area contributed by atoms with E-state index in [9.17, 15) is 5.11 Å². The van der Waals surface area contributed by atoms with Crippen molar-refractivity contribution in [1.82, 2.24) is 4.98 Å². The van der Waals surface area contributed by atoms with Crippen LogP contribution in [0.5, 0.6) is 0 Å². The number of nitrogens with zero attached hydrogens (tertiary/aromatic N) is 1. The Kier molecular flexibility index (Phi) is 7.40. The molecule has 37 heavy (non-hydrogen) atoms. The summed E-state index contributed by atoms with van der Waals surface area (Å²) in [7, 11) is -1.99. The van der Waals surface area contributed by atoms with Crippen molar-refractivity contribution in [3.63, 3.8) is 0 Å². The van der Waals surface area contributed by atoms with Crippen LogP contribution in [0.4, 0.5) is 0 Å². The number of hydrogen-bond donors (Lipinski definition) is 1. The molecule has 2 aliphatic carbocycles. The van der Waals surface area contributed by atoms with Crippen LogP contribution < -0.4 is 0 Å². The number of aromatic nitrogens is 1. The van der Waals surface area contributed by atoms with E-state index in [1.807, 2.05) is 0 Å². The average molecular weight is 522 g/mol. The molecule has 2 atom stereocenters. The highest BCUT2D eigenvalue weighted by atomic mass is 28.4. The minimum Gasteiger partial charge on any atom is -0.410 e. The molecule has 0 aliphatic heterocycles. The van der Waals surface area contributed by atoms with E-state index in [1.54, 1.807) is 0 Å². The van der Waals surface area contributed by atoms with Crippen molar-refractivity contribution in [2.24, 2.45) is 5.41 Å².